The van der Waals surface area contributed by atoms with Gasteiger partial charge in [-0.3, -0.25) is 14.4 Å². The normalized spacial score (nSPS) is 13.2. The van der Waals surface area contributed by atoms with E-state index in [0.717, 1.165) is 21.9 Å². The summed E-state index contributed by atoms with van der Waals surface area (Å²) in [5.74, 6) is -0.772. The first-order valence-electron chi connectivity index (χ1n) is 13.6. The Balaban J connectivity index is 1.95. The Labute approximate surface area is 238 Å². The van der Waals surface area contributed by atoms with Crippen LogP contribution in [0.5, 0.6) is 0 Å². The fourth-order valence-corrected chi connectivity index (χ4v) is 4.63. The van der Waals surface area contributed by atoms with E-state index >= 15 is 0 Å². The smallest absolute Gasteiger partial charge is 0.246 e. The van der Waals surface area contributed by atoms with Crippen LogP contribution >= 0.6 is 0 Å². The number of benzene rings is 3. The van der Waals surface area contributed by atoms with Crippen molar-refractivity contribution < 1.29 is 14.4 Å². The summed E-state index contributed by atoms with van der Waals surface area (Å²) in [7, 11) is 6.66. The summed E-state index contributed by atoms with van der Waals surface area (Å²) in [6, 6.07) is 22.2. The van der Waals surface area contributed by atoms with Gasteiger partial charge in [-0.15, -0.1) is 0 Å². The zero-order chi connectivity index (χ0) is 29.4. The molecule has 0 aromatic heterocycles. The van der Waals surface area contributed by atoms with Crippen LogP contribution in [0.4, 0.5) is 0 Å². The summed E-state index contributed by atoms with van der Waals surface area (Å²) in [6.45, 7) is 3.78. The number of rotatable bonds is 11. The van der Waals surface area contributed by atoms with E-state index in [2.05, 4.69) is 0 Å². The van der Waals surface area contributed by atoms with Crippen LogP contribution in [0.2, 0.25) is 0 Å². The third-order valence-corrected chi connectivity index (χ3v) is 7.06. The van der Waals surface area contributed by atoms with E-state index in [1.165, 1.54) is 20.8 Å². The van der Waals surface area contributed by atoms with Gasteiger partial charge in [0.05, 0.1) is 0 Å². The molecule has 0 saturated heterocycles. The topological polar surface area (TPSA) is 87.0 Å². The average Bonchev–Trinajstić information content (AvgIpc) is 2.92. The molecule has 0 radical (unpaired) electrons. The number of nitrogens with two attached hydrogens (primary N) is 1. The molecule has 40 heavy (non-hydrogen) atoms. The van der Waals surface area contributed by atoms with Gasteiger partial charge in [0.2, 0.25) is 17.7 Å². The predicted octanol–water partition coefficient (Wildman–Crippen LogP) is 4.05. The summed E-state index contributed by atoms with van der Waals surface area (Å²) in [5, 5.41) is 2.16. The van der Waals surface area contributed by atoms with Crippen molar-refractivity contribution in [3.63, 3.8) is 0 Å². The number of carbonyl (C=O) groups is 3. The van der Waals surface area contributed by atoms with Crippen LogP contribution in [0, 0.1) is 0 Å². The van der Waals surface area contributed by atoms with E-state index in [-0.39, 0.29) is 17.7 Å². The van der Waals surface area contributed by atoms with Crippen molar-refractivity contribution in [3.05, 3.63) is 96.1 Å². The number of likely N-dealkylation sites (N-methyl/N-ethyl adjacent to an activating group) is 3. The van der Waals surface area contributed by atoms with Crippen LogP contribution in [0.15, 0.2) is 84.9 Å². The highest BCUT2D eigenvalue weighted by Crippen LogP contribution is 2.20. The van der Waals surface area contributed by atoms with E-state index in [1.807, 2.05) is 86.6 Å². The fraction of sp³-hybridized carbons (Fsp3) is 0.364. The van der Waals surface area contributed by atoms with E-state index < -0.39 is 17.6 Å². The molecular formula is C33H42N4O3. The maximum atomic E-state index is 14.2. The van der Waals surface area contributed by atoms with Gasteiger partial charge in [0.25, 0.3) is 0 Å². The molecule has 0 aliphatic carbocycles. The Hall–Kier alpha value is -3.97. The van der Waals surface area contributed by atoms with Crippen molar-refractivity contribution in [1.29, 1.82) is 0 Å². The van der Waals surface area contributed by atoms with Crippen LogP contribution in [-0.4, -0.2) is 78.2 Å². The van der Waals surface area contributed by atoms with Crippen molar-refractivity contribution in [2.75, 3.05) is 28.2 Å². The molecule has 3 rings (SSSR count). The van der Waals surface area contributed by atoms with Crippen LogP contribution in [0.1, 0.15) is 31.4 Å². The molecule has 0 saturated carbocycles. The highest BCUT2D eigenvalue weighted by atomic mass is 16.2. The number of carbonyl (C=O) groups excluding carboxylic acids is 3. The Kier molecular flexibility index (Phi) is 10.2. The van der Waals surface area contributed by atoms with Crippen LogP contribution in [-0.2, 0) is 27.2 Å². The number of nitrogens with zero attached hydrogens (tertiary/aromatic N) is 3. The van der Waals surface area contributed by atoms with Crippen molar-refractivity contribution in [3.8, 4) is 0 Å². The molecule has 0 fully saturated rings. The maximum absolute atomic E-state index is 14.2. The second kappa shape index (κ2) is 13.4. The molecule has 0 spiro atoms. The van der Waals surface area contributed by atoms with Gasteiger partial charge in [0.15, 0.2) is 0 Å². The lowest BCUT2D eigenvalue weighted by atomic mass is 9.98. The third-order valence-electron chi connectivity index (χ3n) is 7.06. The van der Waals surface area contributed by atoms with Gasteiger partial charge < -0.3 is 20.4 Å². The SMILES string of the molecule is CN(C)C(=O)[C@@H](Cc1ccccc1)N(C)C(=O)[C@@H](Cc1ccc2ccccc2c1)N(C)C(=O)/C=C/CC(C)(C)N. The molecule has 0 bridgehead atoms. The van der Waals surface area contributed by atoms with Crippen molar-refractivity contribution in [1.82, 2.24) is 14.7 Å². The van der Waals surface area contributed by atoms with Gasteiger partial charge in [-0.1, -0.05) is 78.9 Å². The maximum Gasteiger partial charge on any atom is 0.246 e. The molecule has 212 valence electrons. The molecule has 3 amide bonds. The monoisotopic (exact) mass is 542 g/mol. The van der Waals surface area contributed by atoms with Gasteiger partial charge in [-0.25, -0.2) is 0 Å². The van der Waals surface area contributed by atoms with Crippen LogP contribution < -0.4 is 5.73 Å². The van der Waals surface area contributed by atoms with Crippen molar-refractivity contribution in [2.24, 2.45) is 5.73 Å². The lowest BCUT2D eigenvalue weighted by Gasteiger charge is -2.35. The summed E-state index contributed by atoms with van der Waals surface area (Å²) in [4.78, 5) is 45.2. The van der Waals surface area contributed by atoms with E-state index in [4.69, 9.17) is 5.73 Å². The molecule has 2 N–H and O–H groups in total. The van der Waals surface area contributed by atoms with Gasteiger partial charge in [0, 0.05) is 46.6 Å². The Bertz CT molecular complexity index is 1340. The first-order chi connectivity index (χ1) is 18.9. The van der Waals surface area contributed by atoms with E-state index in [0.29, 0.717) is 19.3 Å². The number of hydrogen-bond acceptors (Lipinski definition) is 4. The van der Waals surface area contributed by atoms with E-state index in [1.54, 1.807) is 34.3 Å². The molecule has 3 aromatic rings. The van der Waals surface area contributed by atoms with Gasteiger partial charge in [0.1, 0.15) is 12.1 Å². The number of fused-ring (bicyclic) bond motifs is 1. The predicted molar refractivity (Wildman–Crippen MR) is 162 cm³/mol. The quantitative estimate of drug-likeness (QED) is 0.371. The second-order valence-corrected chi connectivity index (χ2v) is 11.3. The molecule has 7 heteroatoms. The standard InChI is InChI=1S/C33H42N4O3/c1-33(2,34)20-12-17-30(38)36(5)29(23-25-18-19-26-15-10-11-16-27(26)21-25)32(40)37(6)28(31(39)35(3)4)22-24-13-8-7-9-14-24/h7-19,21,28-29H,20,22-23,34H2,1-6H3/b17-12+/t28-,29-/m1/s1. The minimum Gasteiger partial charge on any atom is -0.347 e. The lowest BCUT2D eigenvalue weighted by molar-refractivity contribution is -0.148. The Morgan fingerprint density at radius 2 is 1.32 bits per heavy atom. The van der Waals surface area contributed by atoms with Gasteiger partial charge in [-0.05, 0) is 48.2 Å². The molecule has 0 aliphatic heterocycles. The third kappa shape index (κ3) is 8.26. The summed E-state index contributed by atoms with van der Waals surface area (Å²) in [6.07, 6.45) is 4.41. The average molecular weight is 543 g/mol. The Morgan fingerprint density at radius 3 is 1.95 bits per heavy atom. The molecule has 7 nitrogen and oxygen atoms in total. The van der Waals surface area contributed by atoms with Gasteiger partial charge in [-0.2, -0.15) is 0 Å². The lowest BCUT2D eigenvalue weighted by Crippen LogP contribution is -2.55. The molecule has 0 unspecified atom stereocenters. The minimum absolute atomic E-state index is 0.178. The highest BCUT2D eigenvalue weighted by molar-refractivity contribution is 5.95. The zero-order valence-electron chi connectivity index (χ0n) is 24.5. The number of hydrogen-bond donors (Lipinski definition) is 1. The first-order valence-corrected chi connectivity index (χ1v) is 13.6. The van der Waals surface area contributed by atoms with Crippen molar-refractivity contribution in [2.45, 2.75) is 50.7 Å². The fourth-order valence-electron chi connectivity index (χ4n) is 4.63. The molecule has 3 aromatic carbocycles. The summed E-state index contributed by atoms with van der Waals surface area (Å²) >= 11 is 0. The largest absolute Gasteiger partial charge is 0.347 e. The van der Waals surface area contributed by atoms with Gasteiger partial charge >= 0.3 is 0 Å². The van der Waals surface area contributed by atoms with Crippen molar-refractivity contribution >= 4 is 28.5 Å². The Morgan fingerprint density at radius 1 is 0.750 bits per heavy atom. The molecule has 0 aliphatic rings. The summed E-state index contributed by atoms with van der Waals surface area (Å²) < 4.78 is 0. The number of amides is 3. The molecule has 2 atom stereocenters. The first kappa shape index (κ1) is 30.6. The summed E-state index contributed by atoms with van der Waals surface area (Å²) in [5.41, 5.74) is 7.49. The molecule has 0 heterocycles. The van der Waals surface area contributed by atoms with Crippen LogP contribution in [0.25, 0.3) is 10.8 Å². The van der Waals surface area contributed by atoms with E-state index in [9.17, 15) is 14.4 Å². The zero-order valence-corrected chi connectivity index (χ0v) is 24.5. The second-order valence-electron chi connectivity index (χ2n) is 11.3. The highest BCUT2D eigenvalue weighted by Gasteiger charge is 2.35. The molecular weight excluding hydrogens is 500 g/mol. The minimum atomic E-state index is -0.817. The van der Waals surface area contributed by atoms with Crippen LogP contribution in [0.3, 0.4) is 0 Å².